The number of aromatic nitrogens is 1. The fourth-order valence-electron chi connectivity index (χ4n) is 4.06. The topological polar surface area (TPSA) is 83.1 Å². The maximum atomic E-state index is 14.4. The molecule has 0 saturated heterocycles. The monoisotopic (exact) mass is 524 g/mol. The van der Waals surface area contributed by atoms with Crippen LogP contribution in [0.25, 0.3) is 22.4 Å². The molecule has 0 bridgehead atoms. The van der Waals surface area contributed by atoms with Crippen molar-refractivity contribution in [1.82, 2.24) is 4.57 Å². The zero-order valence-electron chi connectivity index (χ0n) is 19.4. The Kier molecular flexibility index (Phi) is 7.12. The average molecular weight is 524 g/mol. The Morgan fingerprint density at radius 3 is 2.21 bits per heavy atom. The Balaban J connectivity index is 1.86. The molecule has 1 N–H and O–H groups in total. The lowest BCUT2D eigenvalue weighted by Crippen LogP contribution is -2.29. The second-order valence-electron chi connectivity index (χ2n) is 8.40. The zero-order valence-corrected chi connectivity index (χ0v) is 19.4. The molecule has 0 radical (unpaired) electrons. The van der Waals surface area contributed by atoms with Crippen molar-refractivity contribution >= 4 is 5.97 Å². The molecule has 0 saturated carbocycles. The van der Waals surface area contributed by atoms with Crippen molar-refractivity contribution in [2.24, 2.45) is 0 Å². The van der Waals surface area contributed by atoms with Gasteiger partial charge < -0.3 is 9.67 Å². The van der Waals surface area contributed by atoms with Crippen molar-refractivity contribution in [3.63, 3.8) is 0 Å². The Labute approximate surface area is 212 Å². The number of hydrogen-bond acceptors (Lipinski definition) is 3. The van der Waals surface area contributed by atoms with Gasteiger partial charge in [0.05, 0.1) is 24.2 Å². The lowest BCUT2D eigenvalue weighted by Gasteiger charge is -2.18. The van der Waals surface area contributed by atoms with Gasteiger partial charge in [0.1, 0.15) is 23.3 Å². The standard InChI is InChI=1S/C28H17F5N2O3/c29-21-9-8-20(24(30)12-21)15-35-25(13-23(28(31,32)33)22(14-34)27(35)38)18-6-4-17(5-7-18)19-3-1-2-16(10-19)11-26(36)37/h1-10,12-13H,11,15H2,(H,36,37). The van der Waals surface area contributed by atoms with Gasteiger partial charge in [-0.3, -0.25) is 9.59 Å². The van der Waals surface area contributed by atoms with Crippen molar-refractivity contribution in [2.45, 2.75) is 19.1 Å². The molecule has 1 heterocycles. The van der Waals surface area contributed by atoms with Crippen molar-refractivity contribution < 1.29 is 31.9 Å². The fraction of sp³-hybridized carbons (Fsp3) is 0.107. The van der Waals surface area contributed by atoms with E-state index in [-0.39, 0.29) is 23.2 Å². The molecule has 0 unspecified atom stereocenters. The number of nitriles is 1. The molecule has 0 amide bonds. The van der Waals surface area contributed by atoms with Crippen LogP contribution in [0.2, 0.25) is 0 Å². The Morgan fingerprint density at radius 1 is 0.921 bits per heavy atom. The minimum Gasteiger partial charge on any atom is -0.481 e. The van der Waals surface area contributed by atoms with E-state index in [2.05, 4.69) is 0 Å². The van der Waals surface area contributed by atoms with Crippen molar-refractivity contribution in [1.29, 1.82) is 5.26 Å². The maximum absolute atomic E-state index is 14.4. The van der Waals surface area contributed by atoms with E-state index in [0.717, 1.165) is 16.7 Å². The van der Waals surface area contributed by atoms with Crippen LogP contribution in [0, 0.1) is 23.0 Å². The number of alkyl halides is 3. The van der Waals surface area contributed by atoms with Crippen LogP contribution in [0.1, 0.15) is 22.3 Å². The molecule has 38 heavy (non-hydrogen) atoms. The molecule has 0 aliphatic rings. The van der Waals surface area contributed by atoms with Gasteiger partial charge in [-0.2, -0.15) is 18.4 Å². The Hall–Kier alpha value is -4.78. The first-order valence-corrected chi connectivity index (χ1v) is 11.1. The van der Waals surface area contributed by atoms with E-state index in [9.17, 15) is 36.8 Å². The van der Waals surface area contributed by atoms with Crippen LogP contribution in [0.4, 0.5) is 22.0 Å². The summed E-state index contributed by atoms with van der Waals surface area (Å²) in [5.41, 5.74) is -2.22. The highest BCUT2D eigenvalue weighted by Crippen LogP contribution is 2.34. The van der Waals surface area contributed by atoms with Gasteiger partial charge in [-0.25, -0.2) is 8.78 Å². The summed E-state index contributed by atoms with van der Waals surface area (Å²) >= 11 is 0. The van der Waals surface area contributed by atoms with E-state index in [4.69, 9.17) is 5.11 Å². The van der Waals surface area contributed by atoms with E-state index in [1.54, 1.807) is 36.4 Å². The smallest absolute Gasteiger partial charge is 0.417 e. The summed E-state index contributed by atoms with van der Waals surface area (Å²) in [5.74, 6) is -2.88. The highest BCUT2D eigenvalue weighted by Gasteiger charge is 2.36. The normalized spacial score (nSPS) is 11.3. The Bertz CT molecular complexity index is 1630. The highest BCUT2D eigenvalue weighted by molar-refractivity contribution is 5.73. The number of carboxylic acid groups (broad SMARTS) is 1. The summed E-state index contributed by atoms with van der Waals surface area (Å²) in [6.45, 7) is -0.550. The van der Waals surface area contributed by atoms with Gasteiger partial charge in [0.15, 0.2) is 0 Å². The molecule has 192 valence electrons. The number of benzene rings is 3. The van der Waals surface area contributed by atoms with Gasteiger partial charge >= 0.3 is 12.1 Å². The number of aliphatic carboxylic acids is 1. The van der Waals surface area contributed by atoms with E-state index >= 15 is 0 Å². The van der Waals surface area contributed by atoms with Crippen LogP contribution in [-0.4, -0.2) is 15.6 Å². The van der Waals surface area contributed by atoms with E-state index in [1.165, 1.54) is 18.2 Å². The molecule has 0 fully saturated rings. The summed E-state index contributed by atoms with van der Waals surface area (Å²) < 4.78 is 69.8. The third-order valence-electron chi connectivity index (χ3n) is 5.86. The quantitative estimate of drug-likeness (QED) is 0.313. The largest absolute Gasteiger partial charge is 0.481 e. The first-order chi connectivity index (χ1) is 18.0. The summed E-state index contributed by atoms with van der Waals surface area (Å²) in [6.07, 6.45) is -5.20. The van der Waals surface area contributed by atoms with Crippen molar-refractivity contribution in [3.8, 4) is 28.5 Å². The number of carbonyl (C=O) groups is 1. The van der Waals surface area contributed by atoms with Crippen molar-refractivity contribution in [3.05, 3.63) is 117 Å². The number of pyridine rings is 1. The lowest BCUT2D eigenvalue weighted by molar-refractivity contribution is -0.138. The van der Waals surface area contributed by atoms with E-state index < -0.39 is 47.0 Å². The van der Waals surface area contributed by atoms with Crippen LogP contribution < -0.4 is 5.56 Å². The number of carboxylic acids is 1. The first-order valence-electron chi connectivity index (χ1n) is 11.1. The lowest BCUT2D eigenvalue weighted by atomic mass is 9.98. The second-order valence-corrected chi connectivity index (χ2v) is 8.40. The maximum Gasteiger partial charge on any atom is 0.417 e. The third kappa shape index (κ3) is 5.47. The Morgan fingerprint density at radius 2 is 1.61 bits per heavy atom. The number of nitrogens with zero attached hydrogens (tertiary/aromatic N) is 2. The highest BCUT2D eigenvalue weighted by atomic mass is 19.4. The van der Waals surface area contributed by atoms with Gasteiger partial charge in [0.25, 0.3) is 5.56 Å². The summed E-state index contributed by atoms with van der Waals surface area (Å²) in [5, 5.41) is 18.3. The molecule has 1 aromatic heterocycles. The van der Waals surface area contributed by atoms with Gasteiger partial charge in [0, 0.05) is 11.6 Å². The number of hydrogen-bond donors (Lipinski definition) is 1. The van der Waals surface area contributed by atoms with E-state index in [1.807, 2.05) is 0 Å². The van der Waals surface area contributed by atoms with Crippen molar-refractivity contribution in [2.75, 3.05) is 0 Å². The average Bonchev–Trinajstić information content (AvgIpc) is 2.85. The summed E-state index contributed by atoms with van der Waals surface area (Å²) in [7, 11) is 0. The van der Waals surface area contributed by atoms with Gasteiger partial charge in [-0.05, 0) is 34.4 Å². The summed E-state index contributed by atoms with van der Waals surface area (Å²) in [4.78, 5) is 24.1. The predicted octanol–water partition coefficient (Wildman–Crippen LogP) is 6.03. The molecule has 0 atom stereocenters. The van der Waals surface area contributed by atoms with Crippen LogP contribution in [0.3, 0.4) is 0 Å². The number of rotatable bonds is 6. The molecule has 0 aliphatic heterocycles. The molecule has 3 aromatic carbocycles. The molecular formula is C28H17F5N2O3. The predicted molar refractivity (Wildman–Crippen MR) is 128 cm³/mol. The van der Waals surface area contributed by atoms with Gasteiger partial charge in [-0.15, -0.1) is 0 Å². The van der Waals surface area contributed by atoms with Crippen LogP contribution in [0.15, 0.2) is 77.6 Å². The van der Waals surface area contributed by atoms with Crippen LogP contribution in [0.5, 0.6) is 0 Å². The summed E-state index contributed by atoms with van der Waals surface area (Å²) in [6, 6.07) is 17.3. The zero-order chi connectivity index (χ0) is 27.6. The molecular weight excluding hydrogens is 507 g/mol. The molecule has 10 heteroatoms. The van der Waals surface area contributed by atoms with Crippen LogP contribution in [-0.2, 0) is 23.9 Å². The molecule has 0 spiro atoms. The first kappa shape index (κ1) is 26.3. The number of halogens is 5. The molecule has 5 nitrogen and oxygen atoms in total. The fourth-order valence-corrected chi connectivity index (χ4v) is 4.06. The molecule has 4 aromatic rings. The second kappa shape index (κ2) is 10.3. The third-order valence-corrected chi connectivity index (χ3v) is 5.86. The molecule has 4 rings (SSSR count). The van der Waals surface area contributed by atoms with Gasteiger partial charge in [-0.1, -0.05) is 54.6 Å². The van der Waals surface area contributed by atoms with Gasteiger partial charge in [0.2, 0.25) is 0 Å². The minimum absolute atomic E-state index is 0.162. The van der Waals surface area contributed by atoms with Crippen LogP contribution >= 0.6 is 0 Å². The SMILES string of the molecule is N#Cc1c(C(F)(F)F)cc(-c2ccc(-c3cccc(CC(=O)O)c3)cc2)n(Cc2ccc(F)cc2F)c1=O. The van der Waals surface area contributed by atoms with E-state index in [0.29, 0.717) is 28.8 Å². The minimum atomic E-state index is -5.01. The molecule has 0 aliphatic carbocycles.